The predicted octanol–water partition coefficient (Wildman–Crippen LogP) is 2.99. The van der Waals surface area contributed by atoms with Gasteiger partial charge in [-0.15, -0.1) is 0 Å². The quantitative estimate of drug-likeness (QED) is 0.697. The van der Waals surface area contributed by atoms with Gasteiger partial charge in [0.15, 0.2) is 0 Å². The molecule has 0 N–H and O–H groups in total. The SMILES string of the molecule is O=C1CCCC[C@H]1Cc1ccccc1. The van der Waals surface area contributed by atoms with E-state index in [1.54, 1.807) is 0 Å². The van der Waals surface area contributed by atoms with Crippen LogP contribution in [0.1, 0.15) is 31.2 Å². The van der Waals surface area contributed by atoms with Crippen molar-refractivity contribution < 1.29 is 4.79 Å². The van der Waals surface area contributed by atoms with E-state index in [4.69, 9.17) is 0 Å². The van der Waals surface area contributed by atoms with Crippen LogP contribution < -0.4 is 0 Å². The Bertz CT molecular complexity index is 302. The summed E-state index contributed by atoms with van der Waals surface area (Å²) in [5.74, 6) is 0.770. The van der Waals surface area contributed by atoms with Gasteiger partial charge in [0, 0.05) is 12.3 Å². The van der Waals surface area contributed by atoms with E-state index in [2.05, 4.69) is 12.1 Å². The van der Waals surface area contributed by atoms with Gasteiger partial charge in [-0.2, -0.15) is 0 Å². The summed E-state index contributed by atoms with van der Waals surface area (Å²) in [6.07, 6.45) is 5.16. The first-order valence-corrected chi connectivity index (χ1v) is 5.43. The molecular weight excluding hydrogens is 172 g/mol. The van der Waals surface area contributed by atoms with E-state index in [1.807, 2.05) is 18.2 Å². The largest absolute Gasteiger partial charge is 0.299 e. The van der Waals surface area contributed by atoms with E-state index in [-0.39, 0.29) is 0 Å². The minimum atomic E-state index is 0.297. The first-order valence-electron chi connectivity index (χ1n) is 5.43. The number of hydrogen-bond donors (Lipinski definition) is 0. The van der Waals surface area contributed by atoms with Crippen molar-refractivity contribution in [3.63, 3.8) is 0 Å². The van der Waals surface area contributed by atoms with Crippen molar-refractivity contribution in [2.75, 3.05) is 0 Å². The molecule has 0 radical (unpaired) electrons. The molecule has 1 atom stereocenters. The number of Topliss-reactive ketones (excluding diaryl/α,β-unsaturated/α-hetero) is 1. The fourth-order valence-electron chi connectivity index (χ4n) is 2.17. The molecule has 1 heteroatoms. The molecule has 1 nitrogen and oxygen atoms in total. The Kier molecular flexibility index (Phi) is 2.97. The lowest BCUT2D eigenvalue weighted by molar-refractivity contribution is -0.124. The molecule has 1 saturated carbocycles. The van der Waals surface area contributed by atoms with Crippen molar-refractivity contribution >= 4 is 5.78 Å². The highest BCUT2D eigenvalue weighted by Gasteiger charge is 2.21. The van der Waals surface area contributed by atoms with Crippen LogP contribution in [0.2, 0.25) is 0 Å². The number of carbonyl (C=O) groups is 1. The maximum absolute atomic E-state index is 11.6. The summed E-state index contributed by atoms with van der Waals surface area (Å²) in [5.41, 5.74) is 1.30. The van der Waals surface area contributed by atoms with Gasteiger partial charge in [-0.3, -0.25) is 4.79 Å². The zero-order chi connectivity index (χ0) is 9.80. The molecule has 0 bridgehead atoms. The van der Waals surface area contributed by atoms with Crippen LogP contribution in [-0.4, -0.2) is 5.78 Å². The normalized spacial score (nSPS) is 22.3. The van der Waals surface area contributed by atoms with E-state index in [0.717, 1.165) is 25.7 Å². The van der Waals surface area contributed by atoms with Crippen molar-refractivity contribution in [1.82, 2.24) is 0 Å². The molecule has 0 aliphatic heterocycles. The third-order valence-corrected chi connectivity index (χ3v) is 3.01. The topological polar surface area (TPSA) is 17.1 Å². The number of hydrogen-bond acceptors (Lipinski definition) is 1. The first kappa shape index (κ1) is 9.45. The molecule has 1 aliphatic carbocycles. The maximum Gasteiger partial charge on any atom is 0.136 e. The number of benzene rings is 1. The van der Waals surface area contributed by atoms with E-state index in [9.17, 15) is 4.79 Å². The molecular formula is C13H16O. The summed E-state index contributed by atoms with van der Waals surface area (Å²) in [5, 5.41) is 0. The average Bonchev–Trinajstić information content (AvgIpc) is 2.23. The highest BCUT2D eigenvalue weighted by Crippen LogP contribution is 2.23. The zero-order valence-electron chi connectivity index (χ0n) is 8.41. The van der Waals surface area contributed by atoms with Crippen molar-refractivity contribution in [3.8, 4) is 0 Å². The van der Waals surface area contributed by atoms with Crippen LogP contribution in [0.15, 0.2) is 30.3 Å². The molecule has 0 heterocycles. The molecule has 1 aromatic rings. The van der Waals surface area contributed by atoms with Gasteiger partial charge in [-0.25, -0.2) is 0 Å². The summed E-state index contributed by atoms with van der Waals surface area (Å²) >= 11 is 0. The lowest BCUT2D eigenvalue weighted by Gasteiger charge is -2.20. The van der Waals surface area contributed by atoms with Crippen LogP contribution in [0.4, 0.5) is 0 Å². The van der Waals surface area contributed by atoms with Gasteiger partial charge in [-0.1, -0.05) is 36.8 Å². The molecule has 1 fully saturated rings. The number of rotatable bonds is 2. The summed E-state index contributed by atoms with van der Waals surface area (Å²) in [4.78, 5) is 11.6. The van der Waals surface area contributed by atoms with Crippen molar-refractivity contribution in [3.05, 3.63) is 35.9 Å². The van der Waals surface area contributed by atoms with Gasteiger partial charge in [0.25, 0.3) is 0 Å². The van der Waals surface area contributed by atoms with Gasteiger partial charge >= 0.3 is 0 Å². The Morgan fingerprint density at radius 2 is 1.93 bits per heavy atom. The van der Waals surface area contributed by atoms with Crippen molar-refractivity contribution in [2.24, 2.45) is 5.92 Å². The van der Waals surface area contributed by atoms with Crippen LogP contribution in [-0.2, 0) is 11.2 Å². The molecule has 1 aromatic carbocycles. The van der Waals surface area contributed by atoms with Crippen LogP contribution in [0, 0.1) is 5.92 Å². The molecule has 1 aliphatic rings. The average molecular weight is 188 g/mol. The Balaban J connectivity index is 2.00. The fraction of sp³-hybridized carbons (Fsp3) is 0.462. The molecule has 0 saturated heterocycles. The highest BCUT2D eigenvalue weighted by atomic mass is 16.1. The van der Waals surface area contributed by atoms with Crippen LogP contribution in [0.3, 0.4) is 0 Å². The first-order chi connectivity index (χ1) is 6.86. The van der Waals surface area contributed by atoms with E-state index >= 15 is 0 Å². The summed E-state index contributed by atoms with van der Waals surface area (Å²) in [7, 11) is 0. The van der Waals surface area contributed by atoms with Crippen molar-refractivity contribution in [2.45, 2.75) is 32.1 Å². The Labute approximate surface area is 85.1 Å². The standard InChI is InChI=1S/C13H16O/c14-13-9-5-4-8-12(13)10-11-6-2-1-3-7-11/h1-3,6-7,12H,4-5,8-10H2/t12-/m0/s1. The third-order valence-electron chi connectivity index (χ3n) is 3.01. The molecule has 0 aromatic heterocycles. The second-order valence-corrected chi connectivity index (χ2v) is 4.10. The molecule has 0 spiro atoms. The third kappa shape index (κ3) is 2.22. The minimum absolute atomic E-state index is 0.297. The van der Waals surface area contributed by atoms with Crippen LogP contribution >= 0.6 is 0 Å². The smallest absolute Gasteiger partial charge is 0.136 e. The lowest BCUT2D eigenvalue weighted by atomic mass is 9.84. The fourth-order valence-corrected chi connectivity index (χ4v) is 2.17. The van der Waals surface area contributed by atoms with E-state index in [0.29, 0.717) is 11.7 Å². The van der Waals surface area contributed by atoms with Gasteiger partial charge < -0.3 is 0 Å². The lowest BCUT2D eigenvalue weighted by Crippen LogP contribution is -2.20. The van der Waals surface area contributed by atoms with Crippen LogP contribution in [0.25, 0.3) is 0 Å². The summed E-state index contributed by atoms with van der Waals surface area (Å²) < 4.78 is 0. The Hall–Kier alpha value is -1.11. The van der Waals surface area contributed by atoms with E-state index < -0.39 is 0 Å². The summed E-state index contributed by atoms with van der Waals surface area (Å²) in [6.45, 7) is 0. The van der Waals surface area contributed by atoms with Crippen LogP contribution in [0.5, 0.6) is 0 Å². The highest BCUT2D eigenvalue weighted by molar-refractivity contribution is 5.81. The number of carbonyl (C=O) groups excluding carboxylic acids is 1. The molecule has 0 unspecified atom stereocenters. The summed E-state index contributed by atoms with van der Waals surface area (Å²) in [6, 6.07) is 10.3. The van der Waals surface area contributed by atoms with Gasteiger partial charge in [0.05, 0.1) is 0 Å². The second kappa shape index (κ2) is 4.41. The molecule has 0 amide bonds. The van der Waals surface area contributed by atoms with Crippen molar-refractivity contribution in [1.29, 1.82) is 0 Å². The van der Waals surface area contributed by atoms with Gasteiger partial charge in [-0.05, 0) is 24.8 Å². The Morgan fingerprint density at radius 3 is 2.64 bits per heavy atom. The maximum atomic E-state index is 11.6. The van der Waals surface area contributed by atoms with E-state index in [1.165, 1.54) is 12.0 Å². The number of ketones is 1. The van der Waals surface area contributed by atoms with Gasteiger partial charge in [0.1, 0.15) is 5.78 Å². The monoisotopic (exact) mass is 188 g/mol. The minimum Gasteiger partial charge on any atom is -0.299 e. The zero-order valence-corrected chi connectivity index (χ0v) is 8.41. The van der Waals surface area contributed by atoms with Gasteiger partial charge in [0.2, 0.25) is 0 Å². The second-order valence-electron chi connectivity index (χ2n) is 4.10. The molecule has 2 rings (SSSR count). The predicted molar refractivity (Wildman–Crippen MR) is 57.1 cm³/mol. The molecule has 74 valence electrons. The Morgan fingerprint density at radius 1 is 1.14 bits per heavy atom. The molecule has 14 heavy (non-hydrogen) atoms.